The Morgan fingerprint density at radius 3 is 2.52 bits per heavy atom. The SMILES string of the molecule is COc1ccc(-c2nc(COC(=O)CCNC(=O)OC(C)(C)C)cs2)cc1OC. The number of hydrogen-bond acceptors (Lipinski definition) is 8. The molecular formula is C20H26N2O6S. The van der Waals surface area contributed by atoms with Gasteiger partial charge in [-0.25, -0.2) is 9.78 Å². The van der Waals surface area contributed by atoms with Crippen molar-refractivity contribution in [3.05, 3.63) is 29.3 Å². The van der Waals surface area contributed by atoms with Gasteiger partial charge in [-0.3, -0.25) is 4.79 Å². The van der Waals surface area contributed by atoms with E-state index in [1.165, 1.54) is 11.3 Å². The number of hydrogen-bond donors (Lipinski definition) is 1. The van der Waals surface area contributed by atoms with E-state index in [9.17, 15) is 9.59 Å². The molecule has 1 amide bonds. The number of ether oxygens (including phenoxy) is 4. The van der Waals surface area contributed by atoms with Crippen LogP contribution in [-0.4, -0.2) is 43.4 Å². The quantitative estimate of drug-likeness (QED) is 0.647. The van der Waals surface area contributed by atoms with E-state index >= 15 is 0 Å². The van der Waals surface area contributed by atoms with Crippen molar-refractivity contribution in [3.63, 3.8) is 0 Å². The Kier molecular flexibility index (Phi) is 7.83. The van der Waals surface area contributed by atoms with E-state index in [-0.39, 0.29) is 19.6 Å². The van der Waals surface area contributed by atoms with Crippen LogP contribution >= 0.6 is 11.3 Å². The molecule has 0 saturated carbocycles. The fraction of sp³-hybridized carbons (Fsp3) is 0.450. The van der Waals surface area contributed by atoms with Crippen LogP contribution in [0, 0.1) is 0 Å². The number of amides is 1. The Morgan fingerprint density at radius 2 is 1.86 bits per heavy atom. The molecule has 0 saturated heterocycles. The Balaban J connectivity index is 1.82. The Morgan fingerprint density at radius 1 is 1.14 bits per heavy atom. The molecule has 9 heteroatoms. The van der Waals surface area contributed by atoms with Crippen molar-refractivity contribution in [1.82, 2.24) is 10.3 Å². The largest absolute Gasteiger partial charge is 0.493 e. The standard InChI is InChI=1S/C20H26N2O6S/c1-20(2,3)28-19(24)21-9-8-17(23)27-11-14-12-29-18(22-14)13-6-7-15(25-4)16(10-13)26-5/h6-7,10,12H,8-9,11H2,1-5H3,(H,21,24). The molecule has 0 aliphatic carbocycles. The minimum absolute atomic E-state index is 0.0475. The lowest BCUT2D eigenvalue weighted by molar-refractivity contribution is -0.144. The zero-order chi connectivity index (χ0) is 21.4. The van der Waals surface area contributed by atoms with Gasteiger partial charge in [0.15, 0.2) is 11.5 Å². The molecule has 0 unspecified atom stereocenters. The van der Waals surface area contributed by atoms with Crippen LogP contribution < -0.4 is 14.8 Å². The third-order valence-corrected chi connectivity index (χ3v) is 4.50. The molecule has 29 heavy (non-hydrogen) atoms. The third kappa shape index (κ3) is 7.26. The van der Waals surface area contributed by atoms with Crippen LogP contribution in [0.15, 0.2) is 23.6 Å². The average Bonchev–Trinajstić information content (AvgIpc) is 3.13. The highest BCUT2D eigenvalue weighted by Crippen LogP contribution is 2.33. The number of benzene rings is 1. The van der Waals surface area contributed by atoms with Crippen LogP contribution in [0.25, 0.3) is 10.6 Å². The molecule has 0 radical (unpaired) electrons. The van der Waals surface area contributed by atoms with Crippen LogP contribution in [0.3, 0.4) is 0 Å². The molecule has 0 spiro atoms. The van der Waals surface area contributed by atoms with E-state index in [0.717, 1.165) is 10.6 Å². The van der Waals surface area contributed by atoms with E-state index in [1.54, 1.807) is 35.0 Å². The van der Waals surface area contributed by atoms with Gasteiger partial charge in [0.2, 0.25) is 0 Å². The van der Waals surface area contributed by atoms with E-state index in [4.69, 9.17) is 18.9 Å². The highest BCUT2D eigenvalue weighted by molar-refractivity contribution is 7.13. The van der Waals surface area contributed by atoms with Crippen LogP contribution in [0.4, 0.5) is 4.79 Å². The molecule has 0 bridgehead atoms. The summed E-state index contributed by atoms with van der Waals surface area (Å²) < 4.78 is 20.8. The first-order chi connectivity index (χ1) is 13.7. The maximum absolute atomic E-state index is 11.8. The Labute approximate surface area is 174 Å². The third-order valence-electron chi connectivity index (χ3n) is 3.56. The van der Waals surface area contributed by atoms with Crippen molar-refractivity contribution in [2.75, 3.05) is 20.8 Å². The van der Waals surface area contributed by atoms with Gasteiger partial charge in [-0.15, -0.1) is 11.3 Å². The fourth-order valence-corrected chi connectivity index (χ4v) is 3.08. The van der Waals surface area contributed by atoms with Crippen molar-refractivity contribution >= 4 is 23.4 Å². The number of thiazole rings is 1. The van der Waals surface area contributed by atoms with Crippen molar-refractivity contribution in [2.45, 2.75) is 39.4 Å². The van der Waals surface area contributed by atoms with Crippen LogP contribution in [0.1, 0.15) is 32.9 Å². The van der Waals surface area contributed by atoms with E-state index < -0.39 is 17.7 Å². The number of carbonyl (C=O) groups excluding carboxylic acids is 2. The van der Waals surface area contributed by atoms with Gasteiger partial charge in [0.25, 0.3) is 0 Å². The van der Waals surface area contributed by atoms with E-state index in [2.05, 4.69) is 10.3 Å². The lowest BCUT2D eigenvalue weighted by atomic mass is 10.2. The summed E-state index contributed by atoms with van der Waals surface area (Å²) in [6.45, 7) is 5.51. The van der Waals surface area contributed by atoms with Gasteiger partial charge in [0.05, 0.1) is 26.3 Å². The molecule has 2 rings (SSSR count). The summed E-state index contributed by atoms with van der Waals surface area (Å²) in [5.41, 5.74) is 0.945. The Hall–Kier alpha value is -2.81. The van der Waals surface area contributed by atoms with Gasteiger partial charge in [0, 0.05) is 17.5 Å². The molecule has 0 aliphatic heterocycles. The summed E-state index contributed by atoms with van der Waals surface area (Å²) >= 11 is 1.44. The second-order valence-corrected chi connectivity index (χ2v) is 7.91. The van der Waals surface area contributed by atoms with Gasteiger partial charge in [-0.05, 0) is 39.0 Å². The normalized spacial score (nSPS) is 10.9. The highest BCUT2D eigenvalue weighted by Gasteiger charge is 2.16. The predicted molar refractivity (Wildman–Crippen MR) is 109 cm³/mol. The van der Waals surface area contributed by atoms with Crippen LogP contribution in [0.2, 0.25) is 0 Å². The zero-order valence-electron chi connectivity index (χ0n) is 17.2. The molecule has 1 aromatic carbocycles. The Bertz CT molecular complexity index is 844. The van der Waals surface area contributed by atoms with E-state index in [1.807, 2.05) is 23.6 Å². The smallest absolute Gasteiger partial charge is 0.407 e. The molecule has 158 valence electrons. The molecule has 1 aromatic heterocycles. The van der Waals surface area contributed by atoms with Gasteiger partial charge < -0.3 is 24.3 Å². The summed E-state index contributed by atoms with van der Waals surface area (Å²) in [7, 11) is 3.16. The summed E-state index contributed by atoms with van der Waals surface area (Å²) in [6, 6.07) is 5.54. The summed E-state index contributed by atoms with van der Waals surface area (Å²) in [6.07, 6.45) is -0.518. The second kappa shape index (κ2) is 10.1. The highest BCUT2D eigenvalue weighted by atomic mass is 32.1. The van der Waals surface area contributed by atoms with Crippen molar-refractivity contribution in [1.29, 1.82) is 0 Å². The minimum Gasteiger partial charge on any atom is -0.493 e. The zero-order valence-corrected chi connectivity index (χ0v) is 18.1. The van der Waals surface area contributed by atoms with Crippen molar-refractivity contribution in [3.8, 4) is 22.1 Å². The van der Waals surface area contributed by atoms with Gasteiger partial charge in [-0.2, -0.15) is 0 Å². The monoisotopic (exact) mass is 422 g/mol. The van der Waals surface area contributed by atoms with Gasteiger partial charge in [0.1, 0.15) is 17.2 Å². The van der Waals surface area contributed by atoms with Crippen LogP contribution in [-0.2, 0) is 20.9 Å². The number of nitrogens with one attached hydrogen (secondary N) is 1. The summed E-state index contributed by atoms with van der Waals surface area (Å²) in [5.74, 6) is 0.828. The van der Waals surface area contributed by atoms with Gasteiger partial charge in [-0.1, -0.05) is 0 Å². The van der Waals surface area contributed by atoms with E-state index in [0.29, 0.717) is 17.2 Å². The first-order valence-electron chi connectivity index (χ1n) is 9.01. The number of aromatic nitrogens is 1. The summed E-state index contributed by atoms with van der Waals surface area (Å²) in [4.78, 5) is 27.9. The van der Waals surface area contributed by atoms with Gasteiger partial charge >= 0.3 is 12.1 Å². The number of rotatable bonds is 8. The number of nitrogens with zero attached hydrogens (tertiary/aromatic N) is 1. The molecule has 0 fully saturated rings. The number of alkyl carbamates (subject to hydrolysis) is 1. The molecule has 0 atom stereocenters. The molecule has 1 N–H and O–H groups in total. The second-order valence-electron chi connectivity index (χ2n) is 7.05. The summed E-state index contributed by atoms with van der Waals surface area (Å²) in [5, 5.41) is 5.13. The first kappa shape index (κ1) is 22.5. The topological polar surface area (TPSA) is 96.0 Å². The maximum atomic E-state index is 11.8. The first-order valence-corrected chi connectivity index (χ1v) is 9.89. The van der Waals surface area contributed by atoms with Crippen molar-refractivity contribution < 1.29 is 28.5 Å². The molecule has 8 nitrogen and oxygen atoms in total. The molecule has 0 aliphatic rings. The average molecular weight is 423 g/mol. The molecule has 2 aromatic rings. The van der Waals surface area contributed by atoms with Crippen LogP contribution in [0.5, 0.6) is 11.5 Å². The maximum Gasteiger partial charge on any atom is 0.407 e. The predicted octanol–water partition coefficient (Wildman–Crippen LogP) is 3.79. The molecule has 1 heterocycles. The lowest BCUT2D eigenvalue weighted by Crippen LogP contribution is -2.33. The van der Waals surface area contributed by atoms with Crippen molar-refractivity contribution in [2.24, 2.45) is 0 Å². The minimum atomic E-state index is -0.583. The fourth-order valence-electron chi connectivity index (χ4n) is 2.28. The number of esters is 1. The lowest BCUT2D eigenvalue weighted by Gasteiger charge is -2.19. The number of carbonyl (C=O) groups is 2. The number of methoxy groups -OCH3 is 2. The molecular weight excluding hydrogens is 396 g/mol.